The Labute approximate surface area is 94.2 Å². The Morgan fingerprint density at radius 3 is 3.06 bits per heavy atom. The van der Waals surface area contributed by atoms with Crippen LogP contribution in [0.25, 0.3) is 0 Å². The Morgan fingerprint density at radius 2 is 2.31 bits per heavy atom. The largest absolute Gasteiger partial charge is 0.488 e. The standard InChI is InChI=1S/C12H15NO3/c1-8(14)13-7-9-6-11(15)10-4-2-3-5-12(10)16-9/h2-5,9,11,15H,6-7H2,1H3,(H,13,14)/t9?,11-/m0/s1. The number of hydrogen-bond donors (Lipinski definition) is 2. The van der Waals surface area contributed by atoms with E-state index in [4.69, 9.17) is 4.74 Å². The van der Waals surface area contributed by atoms with E-state index in [0.717, 1.165) is 5.56 Å². The summed E-state index contributed by atoms with van der Waals surface area (Å²) in [6.45, 7) is 1.90. The molecular formula is C12H15NO3. The van der Waals surface area contributed by atoms with Crippen molar-refractivity contribution < 1.29 is 14.6 Å². The zero-order chi connectivity index (χ0) is 11.5. The van der Waals surface area contributed by atoms with Crippen LogP contribution in [0.4, 0.5) is 0 Å². The SMILES string of the molecule is CC(=O)NCC1C[C@H](O)c2ccccc2O1. The number of benzene rings is 1. The highest BCUT2D eigenvalue weighted by Crippen LogP contribution is 2.33. The summed E-state index contributed by atoms with van der Waals surface area (Å²) in [5.41, 5.74) is 0.821. The van der Waals surface area contributed by atoms with Crippen molar-refractivity contribution in [1.29, 1.82) is 0 Å². The number of rotatable bonds is 2. The summed E-state index contributed by atoms with van der Waals surface area (Å²) in [7, 11) is 0. The molecule has 0 radical (unpaired) electrons. The molecule has 4 nitrogen and oxygen atoms in total. The van der Waals surface area contributed by atoms with E-state index in [2.05, 4.69) is 5.32 Å². The highest BCUT2D eigenvalue weighted by molar-refractivity contribution is 5.72. The van der Waals surface area contributed by atoms with E-state index in [1.165, 1.54) is 6.92 Å². The second-order valence-electron chi connectivity index (χ2n) is 3.97. The van der Waals surface area contributed by atoms with Crippen LogP contribution in [0, 0.1) is 0 Å². The smallest absolute Gasteiger partial charge is 0.217 e. The van der Waals surface area contributed by atoms with Crippen molar-refractivity contribution in [2.24, 2.45) is 0 Å². The first-order valence-electron chi connectivity index (χ1n) is 5.35. The van der Waals surface area contributed by atoms with Crippen LogP contribution >= 0.6 is 0 Å². The van der Waals surface area contributed by atoms with Gasteiger partial charge in [-0.05, 0) is 6.07 Å². The number of nitrogens with one attached hydrogen (secondary N) is 1. The Bertz CT molecular complexity index is 392. The highest BCUT2D eigenvalue weighted by atomic mass is 16.5. The Balaban J connectivity index is 2.06. The Morgan fingerprint density at radius 1 is 1.56 bits per heavy atom. The van der Waals surface area contributed by atoms with Crippen molar-refractivity contribution in [3.05, 3.63) is 29.8 Å². The number of aliphatic hydroxyl groups is 1. The number of aliphatic hydroxyl groups excluding tert-OH is 1. The quantitative estimate of drug-likeness (QED) is 0.783. The number of carbonyl (C=O) groups excluding carboxylic acids is 1. The van der Waals surface area contributed by atoms with Gasteiger partial charge in [0.25, 0.3) is 0 Å². The lowest BCUT2D eigenvalue weighted by Gasteiger charge is -2.29. The van der Waals surface area contributed by atoms with Gasteiger partial charge in [-0.3, -0.25) is 4.79 Å². The monoisotopic (exact) mass is 221 g/mol. The van der Waals surface area contributed by atoms with E-state index in [-0.39, 0.29) is 12.0 Å². The molecule has 0 saturated carbocycles. The summed E-state index contributed by atoms with van der Waals surface area (Å²) < 4.78 is 5.68. The molecule has 16 heavy (non-hydrogen) atoms. The van der Waals surface area contributed by atoms with E-state index in [1.807, 2.05) is 24.3 Å². The van der Waals surface area contributed by atoms with Crippen molar-refractivity contribution in [2.75, 3.05) is 6.54 Å². The van der Waals surface area contributed by atoms with E-state index < -0.39 is 6.10 Å². The first-order chi connectivity index (χ1) is 7.66. The maximum atomic E-state index is 10.8. The van der Waals surface area contributed by atoms with Crippen LogP contribution < -0.4 is 10.1 Å². The van der Waals surface area contributed by atoms with Crippen molar-refractivity contribution in [3.8, 4) is 5.75 Å². The van der Waals surface area contributed by atoms with Gasteiger partial charge in [0.2, 0.25) is 5.91 Å². The molecule has 1 amide bonds. The van der Waals surface area contributed by atoms with Crippen LogP contribution in [0.1, 0.15) is 25.0 Å². The Kier molecular flexibility index (Phi) is 3.10. The molecule has 0 aromatic heterocycles. The minimum atomic E-state index is -0.510. The molecule has 0 spiro atoms. The predicted octanol–water partition coefficient (Wildman–Crippen LogP) is 1.01. The van der Waals surface area contributed by atoms with Crippen molar-refractivity contribution in [2.45, 2.75) is 25.6 Å². The van der Waals surface area contributed by atoms with E-state index in [9.17, 15) is 9.90 Å². The summed E-state index contributed by atoms with van der Waals surface area (Å²) in [5.74, 6) is 0.619. The first-order valence-corrected chi connectivity index (χ1v) is 5.35. The second-order valence-corrected chi connectivity index (χ2v) is 3.97. The van der Waals surface area contributed by atoms with Gasteiger partial charge in [-0.15, -0.1) is 0 Å². The molecule has 1 aromatic rings. The fourth-order valence-corrected chi connectivity index (χ4v) is 1.85. The van der Waals surface area contributed by atoms with E-state index >= 15 is 0 Å². The molecule has 4 heteroatoms. The summed E-state index contributed by atoms with van der Waals surface area (Å²) in [5, 5.41) is 12.6. The van der Waals surface area contributed by atoms with Gasteiger partial charge in [-0.2, -0.15) is 0 Å². The van der Waals surface area contributed by atoms with Crippen molar-refractivity contribution >= 4 is 5.91 Å². The molecule has 0 fully saturated rings. The molecular weight excluding hydrogens is 206 g/mol. The molecule has 0 aliphatic carbocycles. The third kappa shape index (κ3) is 2.33. The molecule has 1 aliphatic rings. The maximum Gasteiger partial charge on any atom is 0.217 e. The van der Waals surface area contributed by atoms with Crippen LogP contribution in [0.2, 0.25) is 0 Å². The molecule has 1 unspecified atom stereocenters. The lowest BCUT2D eigenvalue weighted by Crippen LogP contribution is -2.37. The predicted molar refractivity (Wildman–Crippen MR) is 59.1 cm³/mol. The summed E-state index contributed by atoms with van der Waals surface area (Å²) in [6, 6.07) is 7.43. The van der Waals surface area contributed by atoms with Gasteiger partial charge in [-0.25, -0.2) is 0 Å². The minimum Gasteiger partial charge on any atom is -0.488 e. The molecule has 1 aliphatic heterocycles. The summed E-state index contributed by atoms with van der Waals surface area (Å²) in [6.07, 6.45) is -0.158. The van der Waals surface area contributed by atoms with Crippen molar-refractivity contribution in [1.82, 2.24) is 5.32 Å². The fourth-order valence-electron chi connectivity index (χ4n) is 1.85. The zero-order valence-corrected chi connectivity index (χ0v) is 9.14. The molecule has 86 valence electrons. The lowest BCUT2D eigenvalue weighted by molar-refractivity contribution is -0.119. The maximum absolute atomic E-state index is 10.8. The molecule has 2 rings (SSSR count). The van der Waals surface area contributed by atoms with Gasteiger partial charge < -0.3 is 15.2 Å². The molecule has 0 saturated heterocycles. The number of ether oxygens (including phenoxy) is 1. The molecule has 1 aromatic carbocycles. The van der Waals surface area contributed by atoms with Gasteiger partial charge in [0.05, 0.1) is 12.6 Å². The van der Waals surface area contributed by atoms with Gasteiger partial charge in [0, 0.05) is 18.9 Å². The van der Waals surface area contributed by atoms with Crippen LogP contribution in [0.15, 0.2) is 24.3 Å². The molecule has 2 atom stereocenters. The van der Waals surface area contributed by atoms with Crippen LogP contribution in [-0.2, 0) is 4.79 Å². The summed E-state index contributed by atoms with van der Waals surface area (Å²) >= 11 is 0. The first kappa shape index (κ1) is 11.0. The molecule has 1 heterocycles. The van der Waals surface area contributed by atoms with Crippen LogP contribution in [0.3, 0.4) is 0 Å². The van der Waals surface area contributed by atoms with E-state index in [0.29, 0.717) is 18.7 Å². The molecule has 2 N–H and O–H groups in total. The van der Waals surface area contributed by atoms with Gasteiger partial charge in [-0.1, -0.05) is 18.2 Å². The summed E-state index contributed by atoms with van der Waals surface area (Å²) in [4.78, 5) is 10.8. The molecule has 0 bridgehead atoms. The number of hydrogen-bond acceptors (Lipinski definition) is 3. The van der Waals surface area contributed by atoms with Gasteiger partial charge >= 0.3 is 0 Å². The average molecular weight is 221 g/mol. The third-order valence-electron chi connectivity index (χ3n) is 2.64. The minimum absolute atomic E-state index is 0.0862. The fraction of sp³-hybridized carbons (Fsp3) is 0.417. The third-order valence-corrected chi connectivity index (χ3v) is 2.64. The normalized spacial score (nSPS) is 23.1. The van der Waals surface area contributed by atoms with Gasteiger partial charge in [0.15, 0.2) is 0 Å². The highest BCUT2D eigenvalue weighted by Gasteiger charge is 2.26. The average Bonchev–Trinajstić information content (AvgIpc) is 2.26. The topological polar surface area (TPSA) is 58.6 Å². The zero-order valence-electron chi connectivity index (χ0n) is 9.14. The lowest BCUT2D eigenvalue weighted by atomic mass is 9.99. The van der Waals surface area contributed by atoms with Crippen LogP contribution in [-0.4, -0.2) is 23.7 Å². The van der Waals surface area contributed by atoms with Crippen LogP contribution in [0.5, 0.6) is 5.75 Å². The number of carbonyl (C=O) groups is 1. The number of amides is 1. The second kappa shape index (κ2) is 4.53. The number of fused-ring (bicyclic) bond motifs is 1. The van der Waals surface area contributed by atoms with Gasteiger partial charge in [0.1, 0.15) is 11.9 Å². The Hall–Kier alpha value is -1.55. The van der Waals surface area contributed by atoms with E-state index in [1.54, 1.807) is 0 Å². The van der Waals surface area contributed by atoms with Crippen molar-refractivity contribution in [3.63, 3.8) is 0 Å². The number of para-hydroxylation sites is 1.